The van der Waals surface area contributed by atoms with E-state index in [1.165, 1.54) is 18.2 Å². The van der Waals surface area contributed by atoms with Gasteiger partial charge in [-0.15, -0.1) is 0 Å². The number of phenols is 1. The molecule has 128 valence electrons. The first-order valence-electron chi connectivity index (χ1n) is 7.95. The second-order valence-corrected chi connectivity index (χ2v) is 5.76. The Morgan fingerprint density at radius 1 is 0.731 bits per heavy atom. The van der Waals surface area contributed by atoms with Crippen molar-refractivity contribution in [2.45, 2.75) is 0 Å². The van der Waals surface area contributed by atoms with Gasteiger partial charge in [0.1, 0.15) is 0 Å². The van der Waals surface area contributed by atoms with E-state index in [2.05, 4.69) is 0 Å². The molecule has 4 aromatic carbocycles. The first-order valence-corrected chi connectivity index (χ1v) is 7.95. The molecule has 0 spiro atoms. The molecular weight excluding hydrogens is 332 g/mol. The fourth-order valence-electron chi connectivity index (χ4n) is 2.94. The SMILES string of the molecule is O=C(O)c1ccc(OOc2c(O)ccc3ccccc23)c2ccccc12. The van der Waals surface area contributed by atoms with Crippen LogP contribution in [0.25, 0.3) is 21.5 Å². The van der Waals surface area contributed by atoms with Gasteiger partial charge in [-0.1, -0.05) is 54.6 Å². The monoisotopic (exact) mass is 346 g/mol. The number of carboxylic acid groups (broad SMARTS) is 1. The molecule has 0 aliphatic carbocycles. The van der Waals surface area contributed by atoms with Gasteiger partial charge >= 0.3 is 5.97 Å². The minimum atomic E-state index is -1.01. The van der Waals surface area contributed by atoms with Crippen LogP contribution in [0, 0.1) is 0 Å². The Morgan fingerprint density at radius 2 is 1.42 bits per heavy atom. The highest BCUT2D eigenvalue weighted by Gasteiger charge is 2.14. The Bertz CT molecular complexity index is 1130. The molecule has 4 aromatic rings. The second-order valence-electron chi connectivity index (χ2n) is 5.76. The zero-order valence-corrected chi connectivity index (χ0v) is 13.5. The van der Waals surface area contributed by atoms with Gasteiger partial charge in [0.05, 0.1) is 5.56 Å². The summed E-state index contributed by atoms with van der Waals surface area (Å²) in [6.07, 6.45) is 0. The average molecular weight is 346 g/mol. The summed E-state index contributed by atoms with van der Waals surface area (Å²) in [5, 5.41) is 22.2. The molecule has 0 atom stereocenters. The van der Waals surface area contributed by atoms with Crippen molar-refractivity contribution in [2.24, 2.45) is 0 Å². The Balaban J connectivity index is 1.75. The second kappa shape index (κ2) is 6.29. The molecule has 0 aromatic heterocycles. The number of rotatable bonds is 4. The van der Waals surface area contributed by atoms with Crippen molar-refractivity contribution in [3.8, 4) is 17.2 Å². The maximum Gasteiger partial charge on any atom is 0.336 e. The molecule has 0 bridgehead atoms. The lowest BCUT2D eigenvalue weighted by molar-refractivity contribution is -0.0985. The predicted molar refractivity (Wildman–Crippen MR) is 97.8 cm³/mol. The summed E-state index contributed by atoms with van der Waals surface area (Å²) in [6, 6.07) is 20.8. The molecule has 0 amide bonds. The Labute approximate surface area is 148 Å². The van der Waals surface area contributed by atoms with Crippen molar-refractivity contribution in [1.82, 2.24) is 0 Å². The Kier molecular flexibility index (Phi) is 3.82. The molecule has 0 unspecified atom stereocenters. The summed E-state index contributed by atoms with van der Waals surface area (Å²) in [5.74, 6) is -0.497. The third kappa shape index (κ3) is 2.65. The largest absolute Gasteiger partial charge is 0.504 e. The van der Waals surface area contributed by atoms with E-state index in [1.54, 1.807) is 30.3 Å². The highest BCUT2D eigenvalue weighted by molar-refractivity contribution is 6.05. The normalized spacial score (nSPS) is 10.8. The van der Waals surface area contributed by atoms with Crippen molar-refractivity contribution in [3.63, 3.8) is 0 Å². The maximum absolute atomic E-state index is 11.4. The van der Waals surface area contributed by atoms with Gasteiger partial charge in [0.2, 0.25) is 5.75 Å². The lowest BCUT2D eigenvalue weighted by Gasteiger charge is -2.12. The van der Waals surface area contributed by atoms with Crippen LogP contribution in [-0.2, 0) is 0 Å². The van der Waals surface area contributed by atoms with Crippen LogP contribution < -0.4 is 9.78 Å². The van der Waals surface area contributed by atoms with Crippen LogP contribution in [0.2, 0.25) is 0 Å². The van der Waals surface area contributed by atoms with Crippen LogP contribution >= 0.6 is 0 Å². The molecule has 0 aliphatic rings. The summed E-state index contributed by atoms with van der Waals surface area (Å²) in [4.78, 5) is 22.3. The molecule has 26 heavy (non-hydrogen) atoms. The number of carbonyl (C=O) groups is 1. The number of hydrogen-bond donors (Lipinski definition) is 2. The maximum atomic E-state index is 11.4. The number of carboxylic acids is 1. The molecule has 0 aliphatic heterocycles. The van der Waals surface area contributed by atoms with E-state index in [-0.39, 0.29) is 17.1 Å². The van der Waals surface area contributed by atoms with Crippen LogP contribution in [0.3, 0.4) is 0 Å². The van der Waals surface area contributed by atoms with E-state index in [1.807, 2.05) is 24.3 Å². The van der Waals surface area contributed by atoms with Gasteiger partial charge in [-0.3, -0.25) is 9.78 Å². The molecule has 0 radical (unpaired) electrons. The van der Waals surface area contributed by atoms with Crippen LogP contribution in [0.1, 0.15) is 10.4 Å². The molecule has 5 nitrogen and oxygen atoms in total. The number of benzene rings is 4. The highest BCUT2D eigenvalue weighted by Crippen LogP contribution is 2.36. The van der Waals surface area contributed by atoms with Gasteiger partial charge < -0.3 is 10.2 Å². The first kappa shape index (κ1) is 15.8. The molecule has 0 fully saturated rings. The molecule has 2 N–H and O–H groups in total. The van der Waals surface area contributed by atoms with Gasteiger partial charge in [-0.05, 0) is 23.6 Å². The third-order valence-electron chi connectivity index (χ3n) is 4.19. The zero-order valence-electron chi connectivity index (χ0n) is 13.5. The number of aromatic hydroxyl groups is 1. The fourth-order valence-corrected chi connectivity index (χ4v) is 2.94. The summed E-state index contributed by atoms with van der Waals surface area (Å²) in [6.45, 7) is 0. The molecule has 4 rings (SSSR count). The number of hydrogen-bond acceptors (Lipinski definition) is 4. The Morgan fingerprint density at radius 3 is 2.19 bits per heavy atom. The van der Waals surface area contributed by atoms with E-state index in [0.29, 0.717) is 21.9 Å². The van der Waals surface area contributed by atoms with Crippen LogP contribution in [0.15, 0.2) is 72.8 Å². The minimum Gasteiger partial charge on any atom is -0.504 e. The molecule has 5 heteroatoms. The van der Waals surface area contributed by atoms with E-state index in [0.717, 1.165) is 5.39 Å². The van der Waals surface area contributed by atoms with Crippen LogP contribution in [0.5, 0.6) is 17.2 Å². The van der Waals surface area contributed by atoms with E-state index in [4.69, 9.17) is 9.78 Å². The summed E-state index contributed by atoms with van der Waals surface area (Å²) in [5.41, 5.74) is 0.181. The summed E-state index contributed by atoms with van der Waals surface area (Å²) < 4.78 is 0. The van der Waals surface area contributed by atoms with E-state index in [9.17, 15) is 15.0 Å². The summed E-state index contributed by atoms with van der Waals surface area (Å²) >= 11 is 0. The number of fused-ring (bicyclic) bond motifs is 2. The van der Waals surface area contributed by atoms with E-state index >= 15 is 0 Å². The van der Waals surface area contributed by atoms with Gasteiger partial charge in [0, 0.05) is 16.2 Å². The molecule has 0 saturated carbocycles. The minimum absolute atomic E-state index is 0.0461. The third-order valence-corrected chi connectivity index (χ3v) is 4.19. The van der Waals surface area contributed by atoms with Crippen molar-refractivity contribution in [2.75, 3.05) is 0 Å². The molecular formula is C21H14O5. The zero-order chi connectivity index (χ0) is 18.1. The quantitative estimate of drug-likeness (QED) is 0.411. The van der Waals surface area contributed by atoms with Crippen molar-refractivity contribution < 1.29 is 24.8 Å². The van der Waals surface area contributed by atoms with Crippen molar-refractivity contribution >= 4 is 27.5 Å². The topological polar surface area (TPSA) is 76.0 Å². The van der Waals surface area contributed by atoms with Gasteiger partial charge in [0.15, 0.2) is 11.5 Å². The van der Waals surface area contributed by atoms with Gasteiger partial charge in [0.25, 0.3) is 0 Å². The van der Waals surface area contributed by atoms with Crippen molar-refractivity contribution in [3.05, 3.63) is 78.4 Å². The highest BCUT2D eigenvalue weighted by atomic mass is 17.2. The standard InChI is InChI=1S/C21H14O5/c22-18-11-9-13-5-1-2-6-14(13)20(18)26-25-19-12-10-17(21(23)24)15-7-3-4-8-16(15)19/h1-12,22H,(H,23,24). The lowest BCUT2D eigenvalue weighted by Crippen LogP contribution is -2.04. The average Bonchev–Trinajstić information content (AvgIpc) is 2.67. The Hall–Kier alpha value is -3.73. The smallest absolute Gasteiger partial charge is 0.336 e. The lowest BCUT2D eigenvalue weighted by atomic mass is 10.0. The van der Waals surface area contributed by atoms with Gasteiger partial charge in [-0.2, -0.15) is 0 Å². The fraction of sp³-hybridized carbons (Fsp3) is 0. The number of aromatic carboxylic acids is 1. The van der Waals surface area contributed by atoms with Gasteiger partial charge in [-0.25, -0.2) is 4.79 Å². The predicted octanol–water partition coefficient (Wildman–Crippen LogP) is 4.77. The molecule has 0 saturated heterocycles. The number of phenolic OH excluding ortho intramolecular Hbond substituents is 1. The first-order chi connectivity index (χ1) is 12.6. The molecule has 0 heterocycles. The van der Waals surface area contributed by atoms with Crippen LogP contribution in [-0.4, -0.2) is 16.2 Å². The van der Waals surface area contributed by atoms with E-state index < -0.39 is 5.97 Å². The van der Waals surface area contributed by atoms with Crippen molar-refractivity contribution in [1.29, 1.82) is 0 Å². The van der Waals surface area contributed by atoms with Crippen LogP contribution in [0.4, 0.5) is 0 Å². The summed E-state index contributed by atoms with van der Waals surface area (Å²) in [7, 11) is 0.